The number of esters is 1. The highest BCUT2D eigenvalue weighted by Gasteiger charge is 2.35. The Morgan fingerprint density at radius 2 is 2.45 bits per heavy atom. The van der Waals surface area contributed by atoms with Crippen LogP contribution >= 0.6 is 0 Å². The van der Waals surface area contributed by atoms with E-state index in [4.69, 9.17) is 15.9 Å². The molecule has 0 spiro atoms. The number of carbonyl (C=O) groups is 1. The molecule has 5 heteroatoms. The van der Waals surface area contributed by atoms with Gasteiger partial charge < -0.3 is 20.7 Å². The molecule has 0 saturated carbocycles. The highest BCUT2D eigenvalue weighted by molar-refractivity contribution is 5.77. The van der Waals surface area contributed by atoms with Gasteiger partial charge in [-0.05, 0) is 0 Å². The average Bonchev–Trinajstić information content (AvgIpc) is 2.31. The molecule has 0 aromatic carbocycles. The topological polar surface area (TPSA) is 92.8 Å². The van der Waals surface area contributed by atoms with E-state index in [0.717, 1.165) is 0 Å². The number of aliphatic hydroxyl groups excluding tert-OH is 2. The summed E-state index contributed by atoms with van der Waals surface area (Å²) in [6, 6.07) is -0.652. The monoisotopic (exact) mass is 161 g/mol. The number of ether oxygens (including phenoxy) is 1. The molecular weight excluding hydrogens is 150 g/mol. The summed E-state index contributed by atoms with van der Waals surface area (Å²) >= 11 is 0. The van der Waals surface area contributed by atoms with Gasteiger partial charge in [-0.3, -0.25) is 4.79 Å². The van der Waals surface area contributed by atoms with E-state index in [2.05, 4.69) is 4.74 Å². The zero-order valence-corrected chi connectivity index (χ0v) is 5.93. The van der Waals surface area contributed by atoms with E-state index in [9.17, 15) is 4.79 Å². The van der Waals surface area contributed by atoms with Gasteiger partial charge in [0.15, 0.2) is 0 Å². The lowest BCUT2D eigenvalue weighted by atomic mass is 10.1. The molecule has 3 atom stereocenters. The molecule has 0 unspecified atom stereocenters. The van der Waals surface area contributed by atoms with Gasteiger partial charge in [-0.1, -0.05) is 0 Å². The van der Waals surface area contributed by atoms with Gasteiger partial charge >= 0.3 is 5.97 Å². The first-order valence-corrected chi connectivity index (χ1v) is 3.40. The molecule has 1 aliphatic rings. The van der Waals surface area contributed by atoms with Gasteiger partial charge in [-0.2, -0.15) is 0 Å². The summed E-state index contributed by atoms with van der Waals surface area (Å²) in [5.74, 6) is -0.512. The fraction of sp³-hybridized carbons (Fsp3) is 0.833. The number of aliphatic hydroxyl groups is 2. The van der Waals surface area contributed by atoms with Crippen LogP contribution in [-0.2, 0) is 9.53 Å². The van der Waals surface area contributed by atoms with Crippen LogP contribution in [0.1, 0.15) is 6.42 Å². The van der Waals surface area contributed by atoms with Crippen LogP contribution in [0.5, 0.6) is 0 Å². The SMILES string of the molecule is N[C@@H]1C[C@@H]([C@H](O)CO)OC1=O. The predicted molar refractivity (Wildman–Crippen MR) is 35.6 cm³/mol. The van der Waals surface area contributed by atoms with E-state index in [0.29, 0.717) is 0 Å². The molecule has 0 aliphatic carbocycles. The molecule has 5 nitrogen and oxygen atoms in total. The van der Waals surface area contributed by atoms with Crippen molar-refractivity contribution in [3.8, 4) is 0 Å². The normalized spacial score (nSPS) is 33.5. The Bertz CT molecular complexity index is 161. The lowest BCUT2D eigenvalue weighted by Gasteiger charge is -2.13. The number of carbonyl (C=O) groups excluding carboxylic acids is 1. The quantitative estimate of drug-likeness (QED) is 0.407. The molecule has 0 radical (unpaired) electrons. The van der Waals surface area contributed by atoms with Crippen molar-refractivity contribution in [1.82, 2.24) is 0 Å². The van der Waals surface area contributed by atoms with Crippen molar-refractivity contribution >= 4 is 5.97 Å². The fourth-order valence-electron chi connectivity index (χ4n) is 0.984. The van der Waals surface area contributed by atoms with Crippen LogP contribution in [0.25, 0.3) is 0 Å². The van der Waals surface area contributed by atoms with Crippen LogP contribution in [0.2, 0.25) is 0 Å². The highest BCUT2D eigenvalue weighted by atomic mass is 16.6. The van der Waals surface area contributed by atoms with Gasteiger partial charge in [0.2, 0.25) is 0 Å². The molecule has 1 rings (SSSR count). The first-order valence-electron chi connectivity index (χ1n) is 3.40. The van der Waals surface area contributed by atoms with E-state index >= 15 is 0 Å². The zero-order chi connectivity index (χ0) is 8.43. The van der Waals surface area contributed by atoms with E-state index in [1.165, 1.54) is 0 Å². The summed E-state index contributed by atoms with van der Waals surface area (Å²) in [5.41, 5.74) is 5.29. The van der Waals surface area contributed by atoms with E-state index in [-0.39, 0.29) is 6.42 Å². The largest absolute Gasteiger partial charge is 0.458 e. The predicted octanol–water partition coefficient (Wildman–Crippen LogP) is -2.02. The van der Waals surface area contributed by atoms with Gasteiger partial charge in [-0.25, -0.2) is 0 Å². The van der Waals surface area contributed by atoms with Crippen LogP contribution in [-0.4, -0.2) is 41.0 Å². The number of cyclic esters (lactones) is 1. The maximum absolute atomic E-state index is 10.7. The molecule has 0 aromatic rings. The lowest BCUT2D eigenvalue weighted by Crippen LogP contribution is -2.29. The van der Waals surface area contributed by atoms with Crippen molar-refractivity contribution < 1.29 is 19.7 Å². The Hall–Kier alpha value is -0.650. The Morgan fingerprint density at radius 1 is 1.82 bits per heavy atom. The Morgan fingerprint density at radius 3 is 2.82 bits per heavy atom. The molecular formula is C6H11NO4. The summed E-state index contributed by atoms with van der Waals surface area (Å²) in [6.45, 7) is -0.412. The molecule has 64 valence electrons. The molecule has 1 aliphatic heterocycles. The minimum atomic E-state index is -1.01. The van der Waals surface area contributed by atoms with Gasteiger partial charge in [0, 0.05) is 6.42 Å². The fourth-order valence-corrected chi connectivity index (χ4v) is 0.984. The van der Waals surface area contributed by atoms with E-state index < -0.39 is 30.8 Å². The summed E-state index contributed by atoms with van der Waals surface area (Å²) < 4.78 is 4.65. The zero-order valence-electron chi connectivity index (χ0n) is 5.93. The number of rotatable bonds is 2. The highest BCUT2D eigenvalue weighted by Crippen LogP contribution is 2.15. The van der Waals surface area contributed by atoms with Crippen LogP contribution in [0.3, 0.4) is 0 Å². The molecule has 0 amide bonds. The van der Waals surface area contributed by atoms with Crippen molar-refractivity contribution in [1.29, 1.82) is 0 Å². The molecule has 1 saturated heterocycles. The second-order valence-electron chi connectivity index (χ2n) is 2.57. The number of hydrogen-bond donors (Lipinski definition) is 3. The van der Waals surface area contributed by atoms with E-state index in [1.54, 1.807) is 0 Å². The second-order valence-corrected chi connectivity index (χ2v) is 2.57. The molecule has 0 aromatic heterocycles. The number of hydrogen-bond acceptors (Lipinski definition) is 5. The Kier molecular flexibility index (Phi) is 2.43. The van der Waals surface area contributed by atoms with Crippen molar-refractivity contribution in [2.75, 3.05) is 6.61 Å². The summed E-state index contributed by atoms with van der Waals surface area (Å²) in [5, 5.41) is 17.5. The van der Waals surface area contributed by atoms with Gasteiger partial charge in [-0.15, -0.1) is 0 Å². The van der Waals surface area contributed by atoms with Gasteiger partial charge in [0.05, 0.1) is 6.61 Å². The van der Waals surface area contributed by atoms with Crippen LogP contribution in [0.15, 0.2) is 0 Å². The van der Waals surface area contributed by atoms with Crippen molar-refractivity contribution in [3.05, 3.63) is 0 Å². The van der Waals surface area contributed by atoms with Crippen LogP contribution in [0, 0.1) is 0 Å². The summed E-state index contributed by atoms with van der Waals surface area (Å²) in [7, 11) is 0. The van der Waals surface area contributed by atoms with Crippen molar-refractivity contribution in [2.45, 2.75) is 24.7 Å². The molecule has 1 fully saturated rings. The van der Waals surface area contributed by atoms with Crippen LogP contribution in [0.4, 0.5) is 0 Å². The summed E-state index contributed by atoms with van der Waals surface area (Å²) in [4.78, 5) is 10.7. The Balaban J connectivity index is 2.46. The standard InChI is InChI=1S/C6H11NO4/c7-3-1-5(4(9)2-8)11-6(3)10/h3-5,8-9H,1-2,7H2/t3-,4-,5+/m1/s1. The number of nitrogens with two attached hydrogens (primary N) is 1. The molecule has 1 heterocycles. The third-order valence-corrected chi connectivity index (χ3v) is 1.67. The van der Waals surface area contributed by atoms with Crippen LogP contribution < -0.4 is 5.73 Å². The van der Waals surface area contributed by atoms with Crippen molar-refractivity contribution in [3.63, 3.8) is 0 Å². The maximum atomic E-state index is 10.7. The third kappa shape index (κ3) is 1.68. The average molecular weight is 161 g/mol. The minimum absolute atomic E-state index is 0.278. The third-order valence-electron chi connectivity index (χ3n) is 1.67. The first kappa shape index (κ1) is 8.45. The minimum Gasteiger partial charge on any atom is -0.458 e. The van der Waals surface area contributed by atoms with Gasteiger partial charge in [0.1, 0.15) is 18.2 Å². The second kappa shape index (κ2) is 3.17. The summed E-state index contributed by atoms with van der Waals surface area (Å²) in [6.07, 6.45) is -1.37. The van der Waals surface area contributed by atoms with E-state index in [1.807, 2.05) is 0 Å². The maximum Gasteiger partial charge on any atom is 0.323 e. The molecule has 11 heavy (non-hydrogen) atoms. The first-order chi connectivity index (χ1) is 5.15. The molecule has 0 bridgehead atoms. The van der Waals surface area contributed by atoms with Crippen molar-refractivity contribution in [2.24, 2.45) is 5.73 Å². The van der Waals surface area contributed by atoms with Gasteiger partial charge in [0.25, 0.3) is 0 Å². The Labute approximate surface area is 63.8 Å². The molecule has 4 N–H and O–H groups in total. The lowest BCUT2D eigenvalue weighted by molar-refractivity contribution is -0.147. The smallest absolute Gasteiger partial charge is 0.323 e.